The zero-order valence-electron chi connectivity index (χ0n) is 13.2. The van der Waals surface area contributed by atoms with Gasteiger partial charge in [-0.3, -0.25) is 0 Å². The molecule has 2 rings (SSSR count). The highest BCUT2D eigenvalue weighted by Crippen LogP contribution is 2.29. The Labute approximate surface area is 154 Å². The molecule has 1 unspecified atom stereocenters. The van der Waals surface area contributed by atoms with Crippen LogP contribution in [0.25, 0.3) is 0 Å². The van der Waals surface area contributed by atoms with Crippen molar-refractivity contribution in [3.8, 4) is 5.75 Å². The lowest BCUT2D eigenvalue weighted by atomic mass is 10.3. The minimum Gasteiger partial charge on any atom is -0.497 e. The molecule has 24 heavy (non-hydrogen) atoms. The molecular weight excluding hydrogens is 358 g/mol. The summed E-state index contributed by atoms with van der Waals surface area (Å²) in [5.74, 6) is 0.841. The second-order valence-electron chi connectivity index (χ2n) is 4.68. The van der Waals surface area contributed by atoms with Crippen LogP contribution in [0.4, 0.5) is 0 Å². The average Bonchev–Trinajstić information content (AvgIpc) is 2.62. The molecule has 1 atom stereocenters. The number of ether oxygens (including phenoxy) is 1. The first kappa shape index (κ1) is 18.6. The molecule has 0 spiro atoms. The van der Waals surface area contributed by atoms with Crippen LogP contribution in [-0.2, 0) is 10.8 Å². The third kappa shape index (κ3) is 6.06. The maximum atomic E-state index is 12.2. The molecule has 3 nitrogen and oxygen atoms in total. The van der Waals surface area contributed by atoms with Gasteiger partial charge in [0.1, 0.15) is 5.75 Å². The van der Waals surface area contributed by atoms with E-state index in [0.717, 1.165) is 20.4 Å². The number of aliphatic imine (C=N–C) groups is 1. The van der Waals surface area contributed by atoms with E-state index in [1.807, 2.05) is 54.6 Å². The highest BCUT2D eigenvalue weighted by atomic mass is 32.2. The molecular formula is C18H17NO2S3. The number of hydrogen-bond donors (Lipinski definition) is 0. The van der Waals surface area contributed by atoms with Crippen molar-refractivity contribution in [3.63, 3.8) is 0 Å². The van der Waals surface area contributed by atoms with Crippen molar-refractivity contribution in [2.75, 3.05) is 13.7 Å². The van der Waals surface area contributed by atoms with Gasteiger partial charge in [-0.15, -0.1) is 0 Å². The van der Waals surface area contributed by atoms with E-state index in [1.165, 1.54) is 0 Å². The van der Waals surface area contributed by atoms with Crippen molar-refractivity contribution in [1.29, 1.82) is 0 Å². The van der Waals surface area contributed by atoms with Crippen LogP contribution < -0.4 is 4.74 Å². The molecule has 124 valence electrons. The van der Waals surface area contributed by atoms with Gasteiger partial charge in [-0.05, 0) is 67.2 Å². The fourth-order valence-electron chi connectivity index (χ4n) is 1.84. The molecule has 2 aromatic carbocycles. The predicted molar refractivity (Wildman–Crippen MR) is 104 cm³/mol. The Morgan fingerprint density at radius 3 is 2.38 bits per heavy atom. The van der Waals surface area contributed by atoms with E-state index in [1.54, 1.807) is 24.3 Å². The summed E-state index contributed by atoms with van der Waals surface area (Å²) in [4.78, 5) is 6.81. The first-order valence-electron chi connectivity index (χ1n) is 7.26. The second kappa shape index (κ2) is 10.2. The summed E-state index contributed by atoms with van der Waals surface area (Å²) in [6, 6.07) is 15.6. The number of methoxy groups -OCH3 is 1. The van der Waals surface area contributed by atoms with Crippen molar-refractivity contribution < 1.29 is 8.95 Å². The van der Waals surface area contributed by atoms with Crippen LogP contribution in [0.1, 0.15) is 6.42 Å². The first-order valence-corrected chi connectivity index (χ1v) is 9.69. The van der Waals surface area contributed by atoms with Crippen molar-refractivity contribution >= 4 is 39.9 Å². The largest absolute Gasteiger partial charge is 0.497 e. The molecule has 0 saturated heterocycles. The molecule has 0 saturated carbocycles. The Morgan fingerprint density at radius 1 is 1.17 bits per heavy atom. The molecule has 0 radical (unpaired) electrons. The van der Waals surface area contributed by atoms with Gasteiger partial charge in [-0.25, -0.2) is 9.20 Å². The van der Waals surface area contributed by atoms with Gasteiger partial charge < -0.3 is 4.74 Å². The van der Waals surface area contributed by atoms with Gasteiger partial charge in [0.15, 0.2) is 0 Å². The van der Waals surface area contributed by atoms with Gasteiger partial charge in [0.2, 0.25) is 0 Å². The standard InChI is InChI=1S/C18H17NO2S3/c1-21-15-4-6-16(7-5-15)23-17-8-10-18(11-9-17)24(20)13-3-2-12-19-14-22/h3-11,13H,2,12H2,1H3. The number of benzene rings is 2. The number of thiocarbonyl (C=S) groups is 1. The second-order valence-corrected chi connectivity index (χ2v) is 7.35. The number of isothiocyanates is 1. The predicted octanol–water partition coefficient (Wildman–Crippen LogP) is 4.96. The molecule has 0 amide bonds. The molecule has 0 bridgehead atoms. The maximum Gasteiger partial charge on any atom is 0.118 e. The quantitative estimate of drug-likeness (QED) is 0.371. The molecule has 0 aliphatic carbocycles. The summed E-state index contributed by atoms with van der Waals surface area (Å²) in [5, 5.41) is 3.99. The van der Waals surface area contributed by atoms with Gasteiger partial charge in [-0.2, -0.15) is 0 Å². The molecule has 6 heteroatoms. The average molecular weight is 376 g/mol. The Hall–Kier alpha value is -1.72. The van der Waals surface area contributed by atoms with Crippen LogP contribution in [0.15, 0.2) is 79.7 Å². The molecule has 0 fully saturated rings. The fraction of sp³-hybridized carbons (Fsp3) is 0.167. The number of rotatable bonds is 8. The van der Waals surface area contributed by atoms with Gasteiger partial charge >= 0.3 is 0 Å². The highest BCUT2D eigenvalue weighted by molar-refractivity contribution is 7.99. The Morgan fingerprint density at radius 2 is 1.79 bits per heavy atom. The van der Waals surface area contributed by atoms with Gasteiger partial charge in [-0.1, -0.05) is 17.8 Å². The first-order chi connectivity index (χ1) is 11.7. The van der Waals surface area contributed by atoms with Crippen molar-refractivity contribution in [1.82, 2.24) is 0 Å². The lowest BCUT2D eigenvalue weighted by Gasteiger charge is -2.04. The van der Waals surface area contributed by atoms with E-state index in [2.05, 4.69) is 22.4 Å². The van der Waals surface area contributed by atoms with E-state index >= 15 is 0 Å². The third-order valence-corrected chi connectivity index (χ3v) is 5.36. The van der Waals surface area contributed by atoms with Crippen LogP contribution in [0.2, 0.25) is 0 Å². The summed E-state index contributed by atoms with van der Waals surface area (Å²) in [5.41, 5.74) is 0. The van der Waals surface area contributed by atoms with Gasteiger partial charge in [0.25, 0.3) is 0 Å². The summed E-state index contributed by atoms with van der Waals surface area (Å²) >= 11 is 6.14. The number of nitrogens with zero attached hydrogens (tertiary/aromatic N) is 1. The monoisotopic (exact) mass is 375 g/mol. The Bertz CT molecular complexity index is 749. The lowest BCUT2D eigenvalue weighted by molar-refractivity contribution is 0.414. The van der Waals surface area contributed by atoms with Gasteiger partial charge in [0, 0.05) is 20.1 Å². The number of hydrogen-bond acceptors (Lipinski definition) is 5. The fourth-order valence-corrected chi connectivity index (χ4v) is 3.62. The zero-order chi connectivity index (χ0) is 17.2. The van der Waals surface area contributed by atoms with E-state index in [4.69, 9.17) is 4.74 Å². The molecule has 0 aliphatic heterocycles. The Balaban J connectivity index is 1.94. The van der Waals surface area contributed by atoms with E-state index in [0.29, 0.717) is 13.0 Å². The van der Waals surface area contributed by atoms with E-state index in [9.17, 15) is 4.21 Å². The van der Waals surface area contributed by atoms with Crippen molar-refractivity contribution in [2.45, 2.75) is 21.1 Å². The minimum absolute atomic E-state index is 0.578. The van der Waals surface area contributed by atoms with Crippen LogP contribution in [0.3, 0.4) is 0 Å². The molecule has 0 heterocycles. The van der Waals surface area contributed by atoms with Crippen LogP contribution in [-0.4, -0.2) is 23.0 Å². The summed E-state index contributed by atoms with van der Waals surface area (Å²) in [6.45, 7) is 0.578. The topological polar surface area (TPSA) is 38.7 Å². The third-order valence-electron chi connectivity index (χ3n) is 3.04. The van der Waals surface area contributed by atoms with Crippen molar-refractivity contribution in [2.24, 2.45) is 4.99 Å². The normalized spacial score (nSPS) is 11.9. The summed E-state index contributed by atoms with van der Waals surface area (Å²) in [7, 11) is 0.511. The van der Waals surface area contributed by atoms with E-state index in [-0.39, 0.29) is 0 Å². The Kier molecular flexibility index (Phi) is 7.92. The molecule has 0 aliphatic rings. The maximum absolute atomic E-state index is 12.2. The zero-order valence-corrected chi connectivity index (χ0v) is 15.6. The van der Waals surface area contributed by atoms with Crippen LogP contribution in [0.5, 0.6) is 5.75 Å². The van der Waals surface area contributed by atoms with Crippen LogP contribution in [0, 0.1) is 0 Å². The minimum atomic E-state index is -1.14. The smallest absolute Gasteiger partial charge is 0.118 e. The molecule has 2 aromatic rings. The lowest BCUT2D eigenvalue weighted by Crippen LogP contribution is -1.87. The van der Waals surface area contributed by atoms with E-state index < -0.39 is 10.8 Å². The summed E-state index contributed by atoms with van der Waals surface area (Å²) in [6.07, 6.45) is 2.56. The molecule has 0 aromatic heterocycles. The van der Waals surface area contributed by atoms with Crippen molar-refractivity contribution in [3.05, 3.63) is 60.0 Å². The molecule has 0 N–H and O–H groups in total. The van der Waals surface area contributed by atoms with Gasteiger partial charge in [0.05, 0.1) is 29.6 Å². The SMILES string of the molecule is COc1ccc(Sc2ccc(S(=O)C=CCCN=C=S)cc2)cc1. The highest BCUT2D eigenvalue weighted by Gasteiger charge is 2.02. The summed E-state index contributed by atoms with van der Waals surface area (Å²) < 4.78 is 17.3. The van der Waals surface area contributed by atoms with Crippen LogP contribution >= 0.6 is 24.0 Å².